The topological polar surface area (TPSA) is 105 Å². The molecule has 0 aliphatic rings. The van der Waals surface area contributed by atoms with E-state index in [4.69, 9.17) is 4.74 Å². The fourth-order valence-corrected chi connectivity index (χ4v) is 3.91. The van der Waals surface area contributed by atoms with Crippen molar-refractivity contribution in [1.29, 1.82) is 0 Å². The first-order valence-corrected chi connectivity index (χ1v) is 12.2. The molecule has 0 spiro atoms. The number of nitrogens with one attached hydrogen (secondary N) is 2. The van der Waals surface area contributed by atoms with E-state index < -0.39 is 29.6 Å². The number of carbonyl (C=O) groups is 3. The number of alkyl carbamates (subject to hydrolysis) is 1. The fourth-order valence-electron chi connectivity index (χ4n) is 3.91. The number of Topliss-reactive ketones (excluding diaryl/α,β-unsaturated/α-hetero) is 1. The largest absolute Gasteiger partial charge is 0.480 e. The van der Waals surface area contributed by atoms with Gasteiger partial charge in [-0.2, -0.15) is 0 Å². The van der Waals surface area contributed by atoms with Gasteiger partial charge in [-0.1, -0.05) is 79.7 Å². The van der Waals surface area contributed by atoms with Crippen molar-refractivity contribution in [3.05, 3.63) is 95.6 Å². The lowest BCUT2D eigenvalue weighted by atomic mass is 9.91. The number of aliphatic carboxylic acids is 1. The molecule has 1 amide bonds. The Morgan fingerprint density at radius 3 is 2.19 bits per heavy atom. The predicted octanol–water partition coefficient (Wildman–Crippen LogP) is 5.41. The van der Waals surface area contributed by atoms with Crippen LogP contribution in [0, 0.1) is 0 Å². The van der Waals surface area contributed by atoms with Gasteiger partial charge in [-0.15, -0.1) is 0 Å². The summed E-state index contributed by atoms with van der Waals surface area (Å²) < 4.78 is 5.22. The highest BCUT2D eigenvalue weighted by Gasteiger charge is 2.29. The van der Waals surface area contributed by atoms with E-state index in [1.807, 2.05) is 60.7 Å². The zero-order chi connectivity index (χ0) is 27.0. The van der Waals surface area contributed by atoms with Gasteiger partial charge >= 0.3 is 12.1 Å². The van der Waals surface area contributed by atoms with Crippen LogP contribution in [-0.4, -0.2) is 41.1 Å². The second kappa shape index (κ2) is 12.3. The second-order valence-corrected chi connectivity index (χ2v) is 9.97. The van der Waals surface area contributed by atoms with Crippen LogP contribution in [0.1, 0.15) is 55.1 Å². The number of rotatable bonds is 10. The number of benzene rings is 3. The molecule has 3 aromatic rings. The summed E-state index contributed by atoms with van der Waals surface area (Å²) in [4.78, 5) is 36.3. The number of amides is 1. The van der Waals surface area contributed by atoms with Crippen molar-refractivity contribution in [1.82, 2.24) is 10.6 Å². The van der Waals surface area contributed by atoms with Crippen molar-refractivity contribution < 1.29 is 24.2 Å². The minimum atomic E-state index is -1.13. The van der Waals surface area contributed by atoms with Gasteiger partial charge in [0.2, 0.25) is 0 Å². The Morgan fingerprint density at radius 1 is 0.892 bits per heavy atom. The van der Waals surface area contributed by atoms with Crippen LogP contribution < -0.4 is 10.6 Å². The van der Waals surface area contributed by atoms with Gasteiger partial charge in [0.15, 0.2) is 5.78 Å². The fraction of sp³-hybridized carbons (Fsp3) is 0.300. The third-order valence-corrected chi connectivity index (χ3v) is 5.85. The zero-order valence-corrected chi connectivity index (χ0v) is 21.7. The van der Waals surface area contributed by atoms with Gasteiger partial charge in [0.05, 0.1) is 6.54 Å². The standard InChI is InChI=1S/C30H34N2O5/c1-20(27(28(34)35)32-29(36)37-30(2,3)4)22-13-15-23(16-14-22)25-12-8-9-21(17-25)18-31-19-26(33)24-10-6-5-7-11-24/h5-17,20,27,31H,18-19H2,1-4H3,(H,32,36)(H,34,35). The van der Waals surface area contributed by atoms with Gasteiger partial charge in [0, 0.05) is 18.0 Å². The summed E-state index contributed by atoms with van der Waals surface area (Å²) in [5.74, 6) is -1.56. The molecular formula is C30H34N2O5. The lowest BCUT2D eigenvalue weighted by molar-refractivity contribution is -0.140. The van der Waals surface area contributed by atoms with Gasteiger partial charge in [-0.25, -0.2) is 9.59 Å². The van der Waals surface area contributed by atoms with Crippen molar-refractivity contribution in [3.8, 4) is 11.1 Å². The summed E-state index contributed by atoms with van der Waals surface area (Å²) >= 11 is 0. The number of carboxylic acid groups (broad SMARTS) is 1. The van der Waals surface area contributed by atoms with Crippen LogP contribution in [0.25, 0.3) is 11.1 Å². The zero-order valence-electron chi connectivity index (χ0n) is 21.7. The Balaban J connectivity index is 1.63. The van der Waals surface area contributed by atoms with Crippen LogP contribution >= 0.6 is 0 Å². The molecule has 7 heteroatoms. The van der Waals surface area contributed by atoms with Crippen molar-refractivity contribution in [3.63, 3.8) is 0 Å². The number of ether oxygens (including phenoxy) is 1. The first-order chi connectivity index (χ1) is 17.5. The molecule has 2 atom stereocenters. The first kappa shape index (κ1) is 27.6. The van der Waals surface area contributed by atoms with Crippen LogP contribution in [0.4, 0.5) is 4.79 Å². The van der Waals surface area contributed by atoms with Crippen molar-refractivity contribution in [2.45, 2.75) is 51.8 Å². The molecule has 7 nitrogen and oxygen atoms in total. The van der Waals surface area contributed by atoms with E-state index in [1.165, 1.54) is 0 Å². The highest BCUT2D eigenvalue weighted by atomic mass is 16.6. The minimum absolute atomic E-state index is 0.0438. The van der Waals surface area contributed by atoms with E-state index in [2.05, 4.69) is 16.7 Å². The molecule has 0 aromatic heterocycles. The summed E-state index contributed by atoms with van der Waals surface area (Å²) in [6, 6.07) is 23.7. The molecule has 0 saturated carbocycles. The Hall–Kier alpha value is -3.97. The maximum Gasteiger partial charge on any atom is 0.408 e. The molecule has 0 radical (unpaired) electrons. The number of carboxylic acids is 1. The molecule has 0 fully saturated rings. The van der Waals surface area contributed by atoms with E-state index in [0.29, 0.717) is 12.1 Å². The van der Waals surface area contributed by atoms with Crippen LogP contribution in [0.2, 0.25) is 0 Å². The monoisotopic (exact) mass is 502 g/mol. The maximum atomic E-state index is 12.3. The molecular weight excluding hydrogens is 468 g/mol. The molecule has 2 unspecified atom stereocenters. The van der Waals surface area contributed by atoms with Crippen molar-refractivity contribution in [2.24, 2.45) is 0 Å². The second-order valence-electron chi connectivity index (χ2n) is 9.97. The van der Waals surface area contributed by atoms with E-state index in [1.54, 1.807) is 39.8 Å². The SMILES string of the molecule is CC(c1ccc(-c2cccc(CNCC(=O)c3ccccc3)c2)cc1)C(NC(=O)OC(C)(C)C)C(=O)O. The Kier molecular flexibility index (Phi) is 9.20. The number of ketones is 1. The Bertz CT molecular complexity index is 1220. The molecule has 0 bridgehead atoms. The summed E-state index contributed by atoms with van der Waals surface area (Å²) in [7, 11) is 0. The molecule has 3 aromatic carbocycles. The smallest absolute Gasteiger partial charge is 0.408 e. The molecule has 0 saturated heterocycles. The lowest BCUT2D eigenvalue weighted by Gasteiger charge is -2.25. The van der Waals surface area contributed by atoms with Crippen LogP contribution in [0.15, 0.2) is 78.9 Å². The van der Waals surface area contributed by atoms with Crippen molar-refractivity contribution in [2.75, 3.05) is 6.54 Å². The number of hydrogen-bond donors (Lipinski definition) is 3. The lowest BCUT2D eigenvalue weighted by Crippen LogP contribution is -2.46. The molecule has 0 aliphatic heterocycles. The van der Waals surface area contributed by atoms with Gasteiger partial charge in [0.1, 0.15) is 11.6 Å². The number of hydrogen-bond acceptors (Lipinski definition) is 5. The van der Waals surface area contributed by atoms with Gasteiger partial charge < -0.3 is 20.5 Å². The van der Waals surface area contributed by atoms with Crippen molar-refractivity contribution >= 4 is 17.8 Å². The summed E-state index contributed by atoms with van der Waals surface area (Å²) in [6.07, 6.45) is -0.765. The third kappa shape index (κ3) is 8.29. The summed E-state index contributed by atoms with van der Waals surface area (Å²) in [5.41, 5.74) is 3.77. The normalized spacial score (nSPS) is 12.9. The average Bonchev–Trinajstić information content (AvgIpc) is 2.86. The molecule has 3 rings (SSSR count). The van der Waals surface area contributed by atoms with E-state index in [0.717, 1.165) is 22.3 Å². The van der Waals surface area contributed by atoms with E-state index >= 15 is 0 Å². The first-order valence-electron chi connectivity index (χ1n) is 12.2. The predicted molar refractivity (Wildman–Crippen MR) is 144 cm³/mol. The van der Waals surface area contributed by atoms with Gasteiger partial charge in [0.25, 0.3) is 0 Å². The van der Waals surface area contributed by atoms with Crippen LogP contribution in [0.3, 0.4) is 0 Å². The third-order valence-electron chi connectivity index (χ3n) is 5.85. The molecule has 0 heterocycles. The average molecular weight is 503 g/mol. The minimum Gasteiger partial charge on any atom is -0.480 e. The molecule has 3 N–H and O–H groups in total. The molecule has 194 valence electrons. The van der Waals surface area contributed by atoms with Gasteiger partial charge in [-0.05, 0) is 49.1 Å². The highest BCUT2D eigenvalue weighted by Crippen LogP contribution is 2.26. The van der Waals surface area contributed by atoms with E-state index in [9.17, 15) is 19.5 Å². The Morgan fingerprint density at radius 2 is 1.57 bits per heavy atom. The highest BCUT2D eigenvalue weighted by molar-refractivity contribution is 5.97. The van der Waals surface area contributed by atoms with E-state index in [-0.39, 0.29) is 12.3 Å². The quantitative estimate of drug-likeness (QED) is 0.320. The summed E-state index contributed by atoms with van der Waals surface area (Å²) in [6.45, 7) is 7.73. The molecule has 0 aliphatic carbocycles. The maximum absolute atomic E-state index is 12.3. The van der Waals surface area contributed by atoms with Crippen LogP contribution in [0.5, 0.6) is 0 Å². The van der Waals surface area contributed by atoms with Crippen LogP contribution in [-0.2, 0) is 16.1 Å². The number of carbonyl (C=O) groups excluding carboxylic acids is 2. The molecule has 37 heavy (non-hydrogen) atoms. The van der Waals surface area contributed by atoms with Gasteiger partial charge in [-0.3, -0.25) is 4.79 Å². The summed E-state index contributed by atoms with van der Waals surface area (Å²) in [5, 5.41) is 15.4. The Labute approximate surface area is 217 Å².